The van der Waals surface area contributed by atoms with Crippen molar-refractivity contribution in [2.24, 2.45) is 0 Å². The molecule has 1 aliphatic heterocycles. The molecule has 10 nitrogen and oxygen atoms in total. The Bertz CT molecular complexity index is 1120. The Morgan fingerprint density at radius 2 is 2.11 bits per heavy atom. The molecule has 0 bridgehead atoms. The van der Waals surface area contributed by atoms with E-state index < -0.39 is 0 Å². The standard InChI is InChI=1S/C17H17N9O/c27-17(10-25-14-4-2-1-3-13(14)20-23-25)19-12-7-8-24(9-12)16-6-5-15-21-18-11-26(15)22-16/h1-6,11-12H,7-10H2,(H,19,27). The van der Waals surface area contributed by atoms with Gasteiger partial charge < -0.3 is 10.2 Å². The molecule has 3 aromatic heterocycles. The fourth-order valence-electron chi connectivity index (χ4n) is 3.42. The highest BCUT2D eigenvalue weighted by Gasteiger charge is 2.25. The molecular formula is C17H17N9O. The third-order valence-corrected chi connectivity index (χ3v) is 4.74. The van der Waals surface area contributed by atoms with Crippen LogP contribution in [0.15, 0.2) is 42.7 Å². The monoisotopic (exact) mass is 363 g/mol. The zero-order chi connectivity index (χ0) is 18.2. The number of carbonyl (C=O) groups is 1. The van der Waals surface area contributed by atoms with Gasteiger partial charge in [0.2, 0.25) is 5.91 Å². The average molecular weight is 363 g/mol. The molecule has 0 aliphatic carbocycles. The molecule has 136 valence electrons. The van der Waals surface area contributed by atoms with Gasteiger partial charge in [-0.15, -0.1) is 20.4 Å². The highest BCUT2D eigenvalue weighted by Crippen LogP contribution is 2.18. The number of nitrogens with zero attached hydrogens (tertiary/aromatic N) is 8. The summed E-state index contributed by atoms with van der Waals surface area (Å²) in [4.78, 5) is 14.6. The molecule has 1 saturated heterocycles. The number of anilines is 1. The number of aromatic nitrogens is 7. The van der Waals surface area contributed by atoms with Crippen molar-refractivity contribution >= 4 is 28.4 Å². The van der Waals surface area contributed by atoms with Crippen LogP contribution in [0.5, 0.6) is 0 Å². The summed E-state index contributed by atoms with van der Waals surface area (Å²) in [5.74, 6) is 0.779. The number of benzene rings is 1. The Kier molecular flexibility index (Phi) is 3.66. The molecule has 1 atom stereocenters. The first kappa shape index (κ1) is 15.7. The molecule has 1 amide bonds. The number of hydrogen-bond donors (Lipinski definition) is 1. The first-order valence-corrected chi connectivity index (χ1v) is 8.76. The Morgan fingerprint density at radius 1 is 1.19 bits per heavy atom. The van der Waals surface area contributed by atoms with E-state index in [0.29, 0.717) is 12.2 Å². The summed E-state index contributed by atoms with van der Waals surface area (Å²) in [5.41, 5.74) is 2.35. The van der Waals surface area contributed by atoms with Gasteiger partial charge >= 0.3 is 0 Å². The molecule has 5 rings (SSSR count). The summed E-state index contributed by atoms with van der Waals surface area (Å²) in [7, 11) is 0. The minimum atomic E-state index is -0.0697. The summed E-state index contributed by atoms with van der Waals surface area (Å²) in [6.07, 6.45) is 2.45. The molecule has 1 unspecified atom stereocenters. The lowest BCUT2D eigenvalue weighted by atomic mass is 10.2. The number of fused-ring (bicyclic) bond motifs is 2. The second-order valence-electron chi connectivity index (χ2n) is 6.56. The fraction of sp³-hybridized carbons (Fsp3) is 0.294. The number of hydrogen-bond acceptors (Lipinski definition) is 7. The highest BCUT2D eigenvalue weighted by atomic mass is 16.2. The summed E-state index contributed by atoms with van der Waals surface area (Å²) < 4.78 is 3.27. The van der Waals surface area contributed by atoms with E-state index >= 15 is 0 Å². The number of carbonyl (C=O) groups excluding carboxylic acids is 1. The zero-order valence-electron chi connectivity index (χ0n) is 14.4. The van der Waals surface area contributed by atoms with Crippen molar-refractivity contribution in [1.82, 2.24) is 40.1 Å². The molecule has 1 aromatic carbocycles. The van der Waals surface area contributed by atoms with Crippen LogP contribution in [0.25, 0.3) is 16.7 Å². The van der Waals surface area contributed by atoms with E-state index in [9.17, 15) is 4.79 Å². The topological polar surface area (TPSA) is 106 Å². The van der Waals surface area contributed by atoms with E-state index in [1.807, 2.05) is 36.4 Å². The van der Waals surface area contributed by atoms with Crippen LogP contribution in [0.1, 0.15) is 6.42 Å². The van der Waals surface area contributed by atoms with Crippen LogP contribution >= 0.6 is 0 Å². The van der Waals surface area contributed by atoms with E-state index in [0.717, 1.165) is 29.8 Å². The van der Waals surface area contributed by atoms with Crippen LogP contribution in [0.3, 0.4) is 0 Å². The third-order valence-electron chi connectivity index (χ3n) is 4.74. The van der Waals surface area contributed by atoms with Crippen LogP contribution in [-0.2, 0) is 11.3 Å². The molecule has 0 radical (unpaired) electrons. The summed E-state index contributed by atoms with van der Waals surface area (Å²) in [6, 6.07) is 11.5. The Hall–Kier alpha value is -3.56. The summed E-state index contributed by atoms with van der Waals surface area (Å²) >= 11 is 0. The molecule has 1 aliphatic rings. The van der Waals surface area contributed by atoms with Gasteiger partial charge in [0.05, 0.1) is 5.52 Å². The number of amides is 1. The maximum Gasteiger partial charge on any atom is 0.242 e. The smallest absolute Gasteiger partial charge is 0.242 e. The van der Waals surface area contributed by atoms with Crippen molar-refractivity contribution < 1.29 is 4.79 Å². The Morgan fingerprint density at radius 3 is 3.07 bits per heavy atom. The quantitative estimate of drug-likeness (QED) is 0.554. The largest absolute Gasteiger partial charge is 0.353 e. The van der Waals surface area contributed by atoms with Crippen LogP contribution in [0.2, 0.25) is 0 Å². The maximum absolute atomic E-state index is 12.4. The van der Waals surface area contributed by atoms with Crippen LogP contribution in [-0.4, -0.2) is 59.8 Å². The maximum atomic E-state index is 12.4. The van der Waals surface area contributed by atoms with Crippen LogP contribution in [0.4, 0.5) is 5.82 Å². The number of rotatable bonds is 4. The van der Waals surface area contributed by atoms with E-state index in [2.05, 4.69) is 35.8 Å². The molecule has 0 spiro atoms. The fourth-order valence-corrected chi connectivity index (χ4v) is 3.42. The predicted octanol–water partition coefficient (Wildman–Crippen LogP) is 0.264. The zero-order valence-corrected chi connectivity index (χ0v) is 14.4. The molecule has 27 heavy (non-hydrogen) atoms. The van der Waals surface area contributed by atoms with Crippen molar-refractivity contribution in [3.05, 3.63) is 42.7 Å². The molecule has 4 aromatic rings. The van der Waals surface area contributed by atoms with Gasteiger partial charge in [-0.1, -0.05) is 17.3 Å². The van der Waals surface area contributed by atoms with Gasteiger partial charge in [0, 0.05) is 19.1 Å². The van der Waals surface area contributed by atoms with E-state index in [-0.39, 0.29) is 18.5 Å². The van der Waals surface area contributed by atoms with Crippen molar-refractivity contribution in [2.75, 3.05) is 18.0 Å². The molecule has 10 heteroatoms. The first-order valence-electron chi connectivity index (χ1n) is 8.76. The van der Waals surface area contributed by atoms with Gasteiger partial charge in [0.15, 0.2) is 5.65 Å². The average Bonchev–Trinajstić information content (AvgIpc) is 3.41. The van der Waals surface area contributed by atoms with E-state index in [1.54, 1.807) is 15.5 Å². The lowest BCUT2D eigenvalue weighted by Gasteiger charge is -2.17. The lowest BCUT2D eigenvalue weighted by Crippen LogP contribution is -2.39. The molecule has 1 N–H and O–H groups in total. The van der Waals surface area contributed by atoms with Crippen molar-refractivity contribution in [3.8, 4) is 0 Å². The first-order chi connectivity index (χ1) is 13.3. The molecule has 4 heterocycles. The van der Waals surface area contributed by atoms with Crippen molar-refractivity contribution in [2.45, 2.75) is 19.0 Å². The minimum absolute atomic E-state index is 0.0697. The van der Waals surface area contributed by atoms with Gasteiger partial charge in [0.25, 0.3) is 0 Å². The van der Waals surface area contributed by atoms with E-state index in [4.69, 9.17) is 0 Å². The third kappa shape index (κ3) is 2.94. The normalized spacial score (nSPS) is 17.0. The van der Waals surface area contributed by atoms with E-state index in [1.165, 1.54) is 0 Å². The molecule has 0 saturated carbocycles. The van der Waals surface area contributed by atoms with Gasteiger partial charge in [-0.05, 0) is 30.7 Å². The van der Waals surface area contributed by atoms with Gasteiger partial charge in [-0.3, -0.25) is 4.79 Å². The van der Waals surface area contributed by atoms with Crippen molar-refractivity contribution in [1.29, 1.82) is 0 Å². The molecule has 1 fully saturated rings. The predicted molar refractivity (Wildman–Crippen MR) is 97.1 cm³/mol. The van der Waals surface area contributed by atoms with Crippen LogP contribution in [0, 0.1) is 0 Å². The van der Waals surface area contributed by atoms with Crippen LogP contribution < -0.4 is 10.2 Å². The lowest BCUT2D eigenvalue weighted by molar-refractivity contribution is -0.122. The number of para-hydroxylation sites is 1. The molecular weight excluding hydrogens is 346 g/mol. The van der Waals surface area contributed by atoms with Crippen molar-refractivity contribution in [3.63, 3.8) is 0 Å². The van der Waals surface area contributed by atoms with Gasteiger partial charge in [0.1, 0.15) is 24.2 Å². The SMILES string of the molecule is O=C(Cn1nnc2ccccc21)NC1CCN(c2ccc3nncn3n2)C1. The second-order valence-corrected chi connectivity index (χ2v) is 6.56. The minimum Gasteiger partial charge on any atom is -0.353 e. The Labute approximate surface area is 153 Å². The second kappa shape index (κ2) is 6.31. The Balaban J connectivity index is 1.23. The number of nitrogens with one attached hydrogen (secondary N) is 1. The van der Waals surface area contributed by atoms with Gasteiger partial charge in [-0.2, -0.15) is 4.52 Å². The highest BCUT2D eigenvalue weighted by molar-refractivity contribution is 5.80. The summed E-state index contributed by atoms with van der Waals surface area (Å²) in [6.45, 7) is 1.70. The van der Waals surface area contributed by atoms with Gasteiger partial charge in [-0.25, -0.2) is 4.68 Å². The summed E-state index contributed by atoms with van der Waals surface area (Å²) in [5, 5.41) is 23.5.